The SMILES string of the molecule is CC1CCN(CCCCOc2ccc(N)cc2)CC1. The molecule has 0 atom stereocenters. The van der Waals surface area contributed by atoms with E-state index in [0.717, 1.165) is 30.4 Å². The smallest absolute Gasteiger partial charge is 0.119 e. The van der Waals surface area contributed by atoms with E-state index in [1.54, 1.807) is 0 Å². The summed E-state index contributed by atoms with van der Waals surface area (Å²) in [6, 6.07) is 7.62. The third-order valence-corrected chi connectivity index (χ3v) is 3.89. The fraction of sp³-hybridized carbons (Fsp3) is 0.625. The summed E-state index contributed by atoms with van der Waals surface area (Å²) < 4.78 is 5.69. The summed E-state index contributed by atoms with van der Waals surface area (Å²) in [4.78, 5) is 2.59. The van der Waals surface area contributed by atoms with E-state index in [4.69, 9.17) is 10.5 Å². The molecule has 3 heteroatoms. The molecule has 0 radical (unpaired) electrons. The first-order valence-electron chi connectivity index (χ1n) is 7.45. The van der Waals surface area contributed by atoms with E-state index in [1.165, 1.54) is 38.9 Å². The molecule has 1 aliphatic heterocycles. The Morgan fingerprint density at radius 2 is 1.84 bits per heavy atom. The summed E-state index contributed by atoms with van der Waals surface area (Å²) in [5.41, 5.74) is 6.42. The molecule has 0 aliphatic carbocycles. The van der Waals surface area contributed by atoms with Gasteiger partial charge < -0.3 is 15.4 Å². The summed E-state index contributed by atoms with van der Waals surface area (Å²) in [5, 5.41) is 0. The van der Waals surface area contributed by atoms with E-state index in [0.29, 0.717) is 0 Å². The van der Waals surface area contributed by atoms with Crippen molar-refractivity contribution in [1.29, 1.82) is 0 Å². The quantitative estimate of drug-likeness (QED) is 0.632. The van der Waals surface area contributed by atoms with Crippen LogP contribution in [0.3, 0.4) is 0 Å². The fourth-order valence-electron chi connectivity index (χ4n) is 2.48. The molecule has 0 saturated carbocycles. The molecule has 1 heterocycles. The number of likely N-dealkylation sites (tertiary alicyclic amines) is 1. The van der Waals surface area contributed by atoms with Gasteiger partial charge in [-0.1, -0.05) is 6.92 Å². The first-order chi connectivity index (χ1) is 9.24. The lowest BCUT2D eigenvalue weighted by Gasteiger charge is -2.30. The average molecular weight is 262 g/mol. The number of nitrogens with zero attached hydrogens (tertiary/aromatic N) is 1. The molecule has 0 spiro atoms. The van der Waals surface area contributed by atoms with Crippen LogP contribution < -0.4 is 10.5 Å². The zero-order chi connectivity index (χ0) is 13.5. The Labute approximate surface area is 116 Å². The van der Waals surface area contributed by atoms with Gasteiger partial charge in [-0.05, 0) is 75.5 Å². The van der Waals surface area contributed by atoms with Gasteiger partial charge >= 0.3 is 0 Å². The number of nitrogen functional groups attached to an aromatic ring is 1. The van der Waals surface area contributed by atoms with Gasteiger partial charge in [-0.15, -0.1) is 0 Å². The van der Waals surface area contributed by atoms with Crippen molar-refractivity contribution >= 4 is 5.69 Å². The Kier molecular flexibility index (Phi) is 5.52. The van der Waals surface area contributed by atoms with Crippen LogP contribution in [-0.4, -0.2) is 31.1 Å². The molecular weight excluding hydrogens is 236 g/mol. The largest absolute Gasteiger partial charge is 0.494 e. The predicted octanol–water partition coefficient (Wildman–Crippen LogP) is 3.16. The lowest BCUT2D eigenvalue weighted by Crippen LogP contribution is -2.33. The molecule has 3 nitrogen and oxygen atoms in total. The first kappa shape index (κ1) is 14.2. The number of anilines is 1. The molecule has 1 aliphatic rings. The highest BCUT2D eigenvalue weighted by Crippen LogP contribution is 2.16. The minimum atomic E-state index is 0.784. The maximum Gasteiger partial charge on any atom is 0.119 e. The molecule has 1 saturated heterocycles. The molecule has 106 valence electrons. The number of ether oxygens (including phenoxy) is 1. The van der Waals surface area contributed by atoms with E-state index < -0.39 is 0 Å². The second-order valence-electron chi connectivity index (χ2n) is 5.65. The third kappa shape index (κ3) is 5.11. The van der Waals surface area contributed by atoms with E-state index in [-0.39, 0.29) is 0 Å². The Morgan fingerprint density at radius 3 is 2.53 bits per heavy atom. The van der Waals surface area contributed by atoms with Crippen molar-refractivity contribution in [3.8, 4) is 5.75 Å². The van der Waals surface area contributed by atoms with Crippen molar-refractivity contribution in [2.24, 2.45) is 5.92 Å². The second-order valence-corrected chi connectivity index (χ2v) is 5.65. The van der Waals surface area contributed by atoms with Gasteiger partial charge in [0.05, 0.1) is 6.61 Å². The molecule has 0 aromatic heterocycles. The summed E-state index contributed by atoms with van der Waals surface area (Å²) in [7, 11) is 0. The number of nitrogens with two attached hydrogens (primary N) is 1. The summed E-state index contributed by atoms with van der Waals surface area (Å²) in [6.45, 7) is 6.93. The monoisotopic (exact) mass is 262 g/mol. The van der Waals surface area contributed by atoms with Gasteiger partial charge in [0.1, 0.15) is 5.75 Å². The molecule has 0 unspecified atom stereocenters. The fourth-order valence-corrected chi connectivity index (χ4v) is 2.48. The molecule has 0 bridgehead atoms. The van der Waals surface area contributed by atoms with Crippen molar-refractivity contribution in [1.82, 2.24) is 4.90 Å². The van der Waals surface area contributed by atoms with E-state index in [1.807, 2.05) is 24.3 Å². The number of hydrogen-bond acceptors (Lipinski definition) is 3. The van der Waals surface area contributed by atoms with Gasteiger partial charge in [0.25, 0.3) is 0 Å². The summed E-state index contributed by atoms with van der Waals surface area (Å²) in [6.07, 6.45) is 5.07. The standard InChI is InChI=1S/C16H26N2O/c1-14-8-11-18(12-9-14)10-2-3-13-19-16-6-4-15(17)5-7-16/h4-7,14H,2-3,8-13,17H2,1H3. The van der Waals surface area contributed by atoms with Crippen molar-refractivity contribution in [3.63, 3.8) is 0 Å². The Bertz CT molecular complexity index is 356. The average Bonchev–Trinajstić information content (AvgIpc) is 2.43. The topological polar surface area (TPSA) is 38.5 Å². The first-order valence-corrected chi connectivity index (χ1v) is 7.45. The maximum atomic E-state index is 5.69. The van der Waals surface area contributed by atoms with Crippen LogP contribution in [0.5, 0.6) is 5.75 Å². The summed E-state index contributed by atoms with van der Waals surface area (Å²) in [5.74, 6) is 1.84. The highest BCUT2D eigenvalue weighted by atomic mass is 16.5. The van der Waals surface area contributed by atoms with Crippen molar-refractivity contribution in [3.05, 3.63) is 24.3 Å². The molecule has 1 aromatic rings. The molecule has 0 amide bonds. The minimum Gasteiger partial charge on any atom is -0.494 e. The van der Waals surface area contributed by atoms with Crippen LogP contribution >= 0.6 is 0 Å². The zero-order valence-electron chi connectivity index (χ0n) is 12.0. The van der Waals surface area contributed by atoms with Crippen LogP contribution in [-0.2, 0) is 0 Å². The van der Waals surface area contributed by atoms with Gasteiger partial charge in [0.15, 0.2) is 0 Å². The van der Waals surface area contributed by atoms with Crippen LogP contribution in [0.1, 0.15) is 32.6 Å². The van der Waals surface area contributed by atoms with Crippen LogP contribution in [0.2, 0.25) is 0 Å². The number of unbranched alkanes of at least 4 members (excludes halogenated alkanes) is 1. The van der Waals surface area contributed by atoms with Crippen molar-refractivity contribution < 1.29 is 4.74 Å². The molecule has 19 heavy (non-hydrogen) atoms. The minimum absolute atomic E-state index is 0.784. The van der Waals surface area contributed by atoms with Gasteiger partial charge in [-0.3, -0.25) is 0 Å². The number of hydrogen-bond donors (Lipinski definition) is 1. The van der Waals surface area contributed by atoms with Crippen LogP contribution in [0, 0.1) is 5.92 Å². The van der Waals surface area contributed by atoms with E-state index in [9.17, 15) is 0 Å². The molecule has 2 rings (SSSR count). The zero-order valence-corrected chi connectivity index (χ0v) is 12.0. The lowest BCUT2D eigenvalue weighted by molar-refractivity contribution is 0.185. The Balaban J connectivity index is 1.53. The number of piperidine rings is 1. The third-order valence-electron chi connectivity index (χ3n) is 3.89. The van der Waals surface area contributed by atoms with Crippen molar-refractivity contribution in [2.75, 3.05) is 32.0 Å². The summed E-state index contributed by atoms with van der Waals surface area (Å²) >= 11 is 0. The van der Waals surface area contributed by atoms with Crippen LogP contribution in [0.4, 0.5) is 5.69 Å². The maximum absolute atomic E-state index is 5.69. The van der Waals surface area contributed by atoms with Gasteiger partial charge in [-0.25, -0.2) is 0 Å². The van der Waals surface area contributed by atoms with Crippen molar-refractivity contribution in [2.45, 2.75) is 32.6 Å². The van der Waals surface area contributed by atoms with Gasteiger partial charge in [0.2, 0.25) is 0 Å². The van der Waals surface area contributed by atoms with Crippen LogP contribution in [0.15, 0.2) is 24.3 Å². The molecule has 2 N–H and O–H groups in total. The Hall–Kier alpha value is -1.22. The van der Waals surface area contributed by atoms with Gasteiger partial charge in [-0.2, -0.15) is 0 Å². The highest BCUT2D eigenvalue weighted by Gasteiger charge is 2.14. The van der Waals surface area contributed by atoms with Gasteiger partial charge in [0, 0.05) is 5.69 Å². The molecule has 1 aromatic carbocycles. The van der Waals surface area contributed by atoms with E-state index in [2.05, 4.69) is 11.8 Å². The van der Waals surface area contributed by atoms with E-state index >= 15 is 0 Å². The molecule has 1 fully saturated rings. The normalized spacial score (nSPS) is 17.5. The molecular formula is C16H26N2O. The second kappa shape index (κ2) is 7.39. The predicted molar refractivity (Wildman–Crippen MR) is 80.4 cm³/mol. The number of benzene rings is 1. The highest BCUT2D eigenvalue weighted by molar-refractivity contribution is 5.41. The van der Waals surface area contributed by atoms with Crippen LogP contribution in [0.25, 0.3) is 0 Å². The Morgan fingerprint density at radius 1 is 1.16 bits per heavy atom. The number of rotatable bonds is 6. The lowest BCUT2D eigenvalue weighted by atomic mass is 9.99.